The van der Waals surface area contributed by atoms with Gasteiger partial charge in [0.25, 0.3) is 5.91 Å². The van der Waals surface area contributed by atoms with E-state index in [1.807, 2.05) is 30.3 Å². The van der Waals surface area contributed by atoms with Crippen molar-refractivity contribution in [3.8, 4) is 17.0 Å². The smallest absolute Gasteiger partial charge is 0.276 e. The van der Waals surface area contributed by atoms with Crippen LogP contribution in [0.4, 0.5) is 23.0 Å². The number of primary amides is 1. The van der Waals surface area contributed by atoms with Crippen molar-refractivity contribution in [2.24, 2.45) is 5.73 Å². The number of nitrogens with two attached hydrogens (primary N) is 1. The molecule has 3 aromatic rings. The van der Waals surface area contributed by atoms with Crippen LogP contribution in [0.3, 0.4) is 0 Å². The first-order valence-electron chi connectivity index (χ1n) is 12.3. The Morgan fingerprint density at radius 3 is 2.67 bits per heavy atom. The number of nitrogens with zero attached hydrogens (tertiary/aromatic N) is 4. The largest absolute Gasteiger partial charge is 0.495 e. The maximum atomic E-state index is 12.0. The molecular formula is C27H33N6O3+. The highest BCUT2D eigenvalue weighted by atomic mass is 16.5. The van der Waals surface area contributed by atoms with Crippen molar-refractivity contribution in [2.45, 2.75) is 18.9 Å². The van der Waals surface area contributed by atoms with Crippen LogP contribution in [0.25, 0.3) is 11.3 Å². The molecule has 2 atom stereocenters. The van der Waals surface area contributed by atoms with Crippen LogP contribution in [0.2, 0.25) is 0 Å². The highest BCUT2D eigenvalue weighted by Gasteiger charge is 2.43. The second-order valence-electron chi connectivity index (χ2n) is 9.48. The van der Waals surface area contributed by atoms with Gasteiger partial charge in [0.15, 0.2) is 6.04 Å². The predicted octanol–water partition coefficient (Wildman–Crippen LogP) is 3.32. The molecule has 188 valence electrons. The summed E-state index contributed by atoms with van der Waals surface area (Å²) in [5, 5.41) is 3.30. The van der Waals surface area contributed by atoms with Gasteiger partial charge in [-0.3, -0.25) is 9.28 Å². The zero-order chi connectivity index (χ0) is 25.1. The van der Waals surface area contributed by atoms with Crippen molar-refractivity contribution in [1.82, 2.24) is 14.5 Å². The molecule has 3 N–H and O–H groups in total. The summed E-state index contributed by atoms with van der Waals surface area (Å²) < 4.78 is 11.7. The number of amides is 1. The number of methoxy groups -OCH3 is 1. The maximum absolute atomic E-state index is 12.0. The Morgan fingerprint density at radius 2 is 1.94 bits per heavy atom. The quantitative estimate of drug-likeness (QED) is 0.491. The molecule has 1 amide bonds. The molecular weight excluding hydrogens is 456 g/mol. The summed E-state index contributed by atoms with van der Waals surface area (Å²) in [6, 6.07) is 16.0. The van der Waals surface area contributed by atoms with Gasteiger partial charge in [-0.15, -0.1) is 0 Å². The normalized spacial score (nSPS) is 21.8. The molecule has 2 aliphatic rings. The number of nitrogens with one attached hydrogen (secondary N) is 1. The van der Waals surface area contributed by atoms with Gasteiger partial charge in [0.1, 0.15) is 11.4 Å². The Balaban J connectivity index is 1.34. The number of likely N-dealkylation sites (tertiary alicyclic amines) is 1. The number of hydrogen-bond donors (Lipinski definition) is 2. The number of benzene rings is 2. The van der Waals surface area contributed by atoms with Crippen molar-refractivity contribution in [2.75, 3.05) is 57.2 Å². The number of quaternary nitrogens is 1. The van der Waals surface area contributed by atoms with Crippen LogP contribution in [-0.4, -0.2) is 68.9 Å². The Labute approximate surface area is 211 Å². The van der Waals surface area contributed by atoms with Crippen LogP contribution in [-0.2, 0) is 9.53 Å². The summed E-state index contributed by atoms with van der Waals surface area (Å²) in [7, 11) is 3.77. The van der Waals surface area contributed by atoms with Crippen LogP contribution in [0.15, 0.2) is 54.7 Å². The molecule has 2 saturated heterocycles. The number of carbonyl (C=O) groups is 1. The third kappa shape index (κ3) is 4.72. The van der Waals surface area contributed by atoms with E-state index >= 15 is 0 Å². The Bertz CT molecular complexity index is 1230. The number of aromatic nitrogens is 2. The number of carbonyl (C=O) groups excluding carboxylic acids is 1. The lowest BCUT2D eigenvalue weighted by Gasteiger charge is -2.34. The molecule has 9 nitrogen and oxygen atoms in total. The number of morpholine rings is 1. The molecule has 9 heteroatoms. The minimum absolute atomic E-state index is 0.183. The minimum atomic E-state index is -0.236. The van der Waals surface area contributed by atoms with Gasteiger partial charge in [-0.1, -0.05) is 0 Å². The van der Waals surface area contributed by atoms with E-state index in [9.17, 15) is 4.79 Å². The van der Waals surface area contributed by atoms with E-state index in [2.05, 4.69) is 40.4 Å². The van der Waals surface area contributed by atoms with Crippen LogP contribution >= 0.6 is 0 Å². The van der Waals surface area contributed by atoms with Gasteiger partial charge in [-0.2, -0.15) is 0 Å². The molecule has 0 spiro atoms. The average Bonchev–Trinajstić information content (AvgIpc) is 3.32. The number of hydrogen-bond acceptors (Lipinski definition) is 7. The minimum Gasteiger partial charge on any atom is -0.495 e. The van der Waals surface area contributed by atoms with Gasteiger partial charge in [-0.25, -0.2) is 9.97 Å². The number of likely N-dealkylation sites (N-methyl/N-ethyl adjacent to an activating group) is 1. The van der Waals surface area contributed by atoms with Crippen molar-refractivity contribution >= 4 is 28.9 Å². The molecule has 0 bridgehead atoms. The fourth-order valence-corrected chi connectivity index (χ4v) is 5.29. The summed E-state index contributed by atoms with van der Waals surface area (Å²) in [6.07, 6.45) is 3.56. The average molecular weight is 490 g/mol. The fraction of sp³-hybridized carbons (Fsp3) is 0.370. The molecule has 1 unspecified atom stereocenters. The summed E-state index contributed by atoms with van der Waals surface area (Å²) in [4.78, 5) is 23.4. The molecule has 0 aliphatic carbocycles. The lowest BCUT2D eigenvalue weighted by atomic mass is 10.1. The lowest BCUT2D eigenvalue weighted by Crippen LogP contribution is -2.55. The summed E-state index contributed by atoms with van der Waals surface area (Å²) in [6.45, 7) is 4.02. The molecule has 0 radical (unpaired) electrons. The second kappa shape index (κ2) is 10.1. The second-order valence-corrected chi connectivity index (χ2v) is 9.48. The Morgan fingerprint density at radius 1 is 1.17 bits per heavy atom. The third-order valence-electron chi connectivity index (χ3n) is 7.31. The molecule has 36 heavy (non-hydrogen) atoms. The van der Waals surface area contributed by atoms with E-state index in [-0.39, 0.29) is 11.9 Å². The Hall–Kier alpha value is -3.69. The summed E-state index contributed by atoms with van der Waals surface area (Å²) in [5.74, 6) is 1.06. The predicted molar refractivity (Wildman–Crippen MR) is 142 cm³/mol. The van der Waals surface area contributed by atoms with Crippen LogP contribution in [0, 0.1) is 0 Å². The first-order valence-corrected chi connectivity index (χ1v) is 12.3. The summed E-state index contributed by atoms with van der Waals surface area (Å²) >= 11 is 0. The maximum Gasteiger partial charge on any atom is 0.276 e. The van der Waals surface area contributed by atoms with E-state index in [1.165, 1.54) is 0 Å². The molecule has 1 aromatic heterocycles. The number of rotatable bonds is 7. The molecule has 5 rings (SSSR count). The number of anilines is 3. The zero-order valence-electron chi connectivity index (χ0n) is 20.8. The SMILES string of the molecule is COc1cc(Nc2nccc(-c3ccc([N+]4(C)CCC[C@@H]4C(N)=O)cc3)n2)ccc1N1CCOCC1. The monoisotopic (exact) mass is 489 g/mol. The van der Waals surface area contributed by atoms with Crippen LogP contribution < -0.4 is 25.2 Å². The van der Waals surface area contributed by atoms with Crippen LogP contribution in [0.1, 0.15) is 12.8 Å². The van der Waals surface area contributed by atoms with E-state index in [1.54, 1.807) is 13.3 Å². The lowest BCUT2D eigenvalue weighted by molar-refractivity contribution is -0.121. The molecule has 2 aromatic carbocycles. The topological polar surface area (TPSA) is 103 Å². The van der Waals surface area contributed by atoms with Crippen molar-refractivity contribution in [3.05, 3.63) is 54.7 Å². The fourth-order valence-electron chi connectivity index (χ4n) is 5.29. The van der Waals surface area contributed by atoms with E-state index in [4.69, 9.17) is 20.2 Å². The van der Waals surface area contributed by atoms with Gasteiger partial charge in [0.2, 0.25) is 5.95 Å². The highest BCUT2D eigenvalue weighted by Crippen LogP contribution is 2.35. The highest BCUT2D eigenvalue weighted by molar-refractivity contribution is 5.83. The van der Waals surface area contributed by atoms with Gasteiger partial charge in [-0.05, 0) is 42.5 Å². The molecule has 2 fully saturated rings. The third-order valence-corrected chi connectivity index (χ3v) is 7.31. The van der Waals surface area contributed by atoms with Gasteiger partial charge in [0.05, 0.1) is 45.3 Å². The molecule has 2 aliphatic heterocycles. The van der Waals surface area contributed by atoms with Crippen molar-refractivity contribution < 1.29 is 14.3 Å². The Kier molecular flexibility index (Phi) is 6.75. The number of ether oxygens (including phenoxy) is 2. The molecule has 0 saturated carbocycles. The first kappa shape index (κ1) is 24.0. The van der Waals surface area contributed by atoms with E-state index in [0.717, 1.165) is 79.8 Å². The first-order chi connectivity index (χ1) is 17.5. The molecule has 3 heterocycles. The van der Waals surface area contributed by atoms with Crippen molar-refractivity contribution in [1.29, 1.82) is 0 Å². The zero-order valence-corrected chi connectivity index (χ0v) is 20.8. The van der Waals surface area contributed by atoms with Crippen LogP contribution in [0.5, 0.6) is 5.75 Å². The van der Waals surface area contributed by atoms with E-state index < -0.39 is 0 Å². The summed E-state index contributed by atoms with van der Waals surface area (Å²) in [5.41, 5.74) is 10.5. The van der Waals surface area contributed by atoms with Crippen molar-refractivity contribution in [3.63, 3.8) is 0 Å². The van der Waals surface area contributed by atoms with Gasteiger partial charge >= 0.3 is 0 Å². The van der Waals surface area contributed by atoms with Gasteiger partial charge in [0, 0.05) is 49.4 Å². The van der Waals surface area contributed by atoms with Gasteiger partial charge < -0.3 is 25.4 Å². The van der Waals surface area contributed by atoms with E-state index in [0.29, 0.717) is 10.4 Å². The standard InChI is InChI=1S/C27H32N6O3/c1-33(15-3-4-24(33)26(28)34)21-8-5-19(6-9-21)22-11-12-29-27(31-22)30-20-7-10-23(25(18-20)35-2)32-13-16-36-17-14-32/h5-12,18,24H,3-4,13-17H2,1-2H3,(H2-,28,29,30,31,34)/p+1/t24-,33?/m1/s1.